The normalized spacial score (nSPS) is 20.1. The van der Waals surface area contributed by atoms with Crippen LogP contribution in [-0.4, -0.2) is 37.4 Å². The highest BCUT2D eigenvalue weighted by Crippen LogP contribution is 2.33. The lowest BCUT2D eigenvalue weighted by atomic mass is 10.1. The molecule has 1 aromatic carbocycles. The third-order valence-corrected chi connectivity index (χ3v) is 5.38. The quantitative estimate of drug-likeness (QED) is 0.665. The van der Waals surface area contributed by atoms with Crippen LogP contribution < -0.4 is 10.0 Å². The minimum absolute atomic E-state index is 0.166. The highest BCUT2D eigenvalue weighted by Gasteiger charge is 2.26. The zero-order chi connectivity index (χ0) is 15.6. The van der Waals surface area contributed by atoms with E-state index in [9.17, 15) is 18.5 Å². The third-order valence-electron chi connectivity index (χ3n) is 3.47. The number of anilines is 1. The van der Waals surface area contributed by atoms with Crippen molar-refractivity contribution in [2.45, 2.75) is 24.3 Å². The Balaban J connectivity index is 2.50. The highest BCUT2D eigenvalue weighted by atomic mass is 32.2. The van der Waals surface area contributed by atoms with Gasteiger partial charge >= 0.3 is 0 Å². The van der Waals surface area contributed by atoms with Gasteiger partial charge in [-0.1, -0.05) is 0 Å². The van der Waals surface area contributed by atoms with E-state index in [1.807, 2.05) is 23.6 Å². The van der Waals surface area contributed by atoms with Crippen LogP contribution in [0.2, 0.25) is 0 Å². The van der Waals surface area contributed by atoms with E-state index in [0.29, 0.717) is 12.2 Å². The fourth-order valence-electron chi connectivity index (χ4n) is 2.32. The second-order valence-electron chi connectivity index (χ2n) is 4.90. The van der Waals surface area contributed by atoms with Crippen LogP contribution in [0, 0.1) is 10.1 Å². The number of nitrogens with two attached hydrogens (primary N) is 1. The second kappa shape index (κ2) is 6.20. The molecule has 0 amide bonds. The van der Waals surface area contributed by atoms with Crippen molar-refractivity contribution in [3.63, 3.8) is 0 Å². The summed E-state index contributed by atoms with van der Waals surface area (Å²) in [6.45, 7) is 2.71. The predicted molar refractivity (Wildman–Crippen MR) is 83.2 cm³/mol. The molecule has 0 radical (unpaired) electrons. The molecular formula is C12H17N3O4S2. The van der Waals surface area contributed by atoms with Gasteiger partial charge in [-0.25, -0.2) is 13.6 Å². The maximum Gasteiger partial charge on any atom is 0.293 e. The van der Waals surface area contributed by atoms with Gasteiger partial charge in [-0.3, -0.25) is 10.1 Å². The number of rotatable bonds is 3. The first-order chi connectivity index (χ1) is 9.80. The summed E-state index contributed by atoms with van der Waals surface area (Å²) < 4.78 is 22.7. The fraction of sp³-hybridized carbons (Fsp3) is 0.500. The standard InChI is InChI=1S/C12H17N3O4S2/c1-9-4-6-20-7-5-14(9)11-3-2-10(21(13,18)19)8-12(11)15(16)17/h2-3,8-9H,4-7H2,1H3,(H2,13,18,19)/t9-/m1/s1. The average Bonchev–Trinajstić information content (AvgIpc) is 2.61. The number of nitro benzene ring substituents is 1. The molecule has 0 saturated carbocycles. The molecule has 1 heterocycles. The average molecular weight is 331 g/mol. The van der Waals surface area contributed by atoms with Gasteiger partial charge in [0.15, 0.2) is 0 Å². The molecule has 0 bridgehead atoms. The SMILES string of the molecule is C[C@@H]1CCSCCN1c1ccc(S(N)(=O)=O)cc1[N+](=O)[O-]. The summed E-state index contributed by atoms with van der Waals surface area (Å²) >= 11 is 1.81. The summed E-state index contributed by atoms with van der Waals surface area (Å²) in [5.41, 5.74) is 0.225. The molecule has 1 atom stereocenters. The maximum atomic E-state index is 11.4. The van der Waals surface area contributed by atoms with Crippen LogP contribution in [0.1, 0.15) is 13.3 Å². The fourth-order valence-corrected chi connectivity index (χ4v) is 3.89. The first kappa shape index (κ1) is 16.1. The maximum absolute atomic E-state index is 11.4. The molecule has 9 heteroatoms. The zero-order valence-electron chi connectivity index (χ0n) is 11.6. The summed E-state index contributed by atoms with van der Waals surface area (Å²) in [5, 5.41) is 16.3. The van der Waals surface area contributed by atoms with Crippen molar-refractivity contribution in [3.8, 4) is 0 Å². The predicted octanol–water partition coefficient (Wildman–Crippen LogP) is 1.57. The van der Waals surface area contributed by atoms with E-state index in [0.717, 1.165) is 24.0 Å². The minimum atomic E-state index is -3.95. The molecule has 0 aliphatic carbocycles. The molecule has 2 rings (SSSR count). The summed E-state index contributed by atoms with van der Waals surface area (Å²) in [4.78, 5) is 12.4. The Hall–Kier alpha value is -1.32. The molecule has 0 spiro atoms. The highest BCUT2D eigenvalue weighted by molar-refractivity contribution is 7.99. The van der Waals surface area contributed by atoms with Crippen molar-refractivity contribution in [1.82, 2.24) is 0 Å². The molecule has 0 unspecified atom stereocenters. The first-order valence-electron chi connectivity index (χ1n) is 6.46. The van der Waals surface area contributed by atoms with Crippen LogP contribution in [0.3, 0.4) is 0 Å². The van der Waals surface area contributed by atoms with Crippen molar-refractivity contribution in [2.24, 2.45) is 5.14 Å². The summed E-state index contributed by atoms with van der Waals surface area (Å²) in [6.07, 6.45) is 0.929. The van der Waals surface area contributed by atoms with Crippen LogP contribution in [0.5, 0.6) is 0 Å². The van der Waals surface area contributed by atoms with E-state index in [1.165, 1.54) is 12.1 Å². The van der Waals surface area contributed by atoms with Crippen LogP contribution >= 0.6 is 11.8 Å². The number of hydrogen-bond acceptors (Lipinski definition) is 6. The monoisotopic (exact) mass is 331 g/mol. The molecule has 1 aliphatic heterocycles. The van der Waals surface area contributed by atoms with Crippen molar-refractivity contribution in [3.05, 3.63) is 28.3 Å². The van der Waals surface area contributed by atoms with Gasteiger partial charge in [-0.05, 0) is 31.2 Å². The van der Waals surface area contributed by atoms with E-state index in [1.54, 1.807) is 0 Å². The van der Waals surface area contributed by atoms with Gasteiger partial charge in [-0.15, -0.1) is 0 Å². The summed E-state index contributed by atoms with van der Waals surface area (Å²) in [6, 6.07) is 4.00. The Bertz CT molecular complexity index is 648. The third kappa shape index (κ3) is 3.66. The smallest absolute Gasteiger partial charge is 0.293 e. The molecule has 116 valence electrons. The Morgan fingerprint density at radius 3 is 2.76 bits per heavy atom. The van der Waals surface area contributed by atoms with E-state index in [4.69, 9.17) is 5.14 Å². The largest absolute Gasteiger partial charge is 0.362 e. The molecule has 1 aromatic rings. The number of benzene rings is 1. The van der Waals surface area contributed by atoms with Crippen molar-refractivity contribution < 1.29 is 13.3 Å². The number of thioether (sulfide) groups is 1. The van der Waals surface area contributed by atoms with Gasteiger partial charge in [0, 0.05) is 24.4 Å². The Morgan fingerprint density at radius 2 is 2.14 bits per heavy atom. The Kier molecular flexibility index (Phi) is 4.74. The lowest BCUT2D eigenvalue weighted by Gasteiger charge is -2.28. The van der Waals surface area contributed by atoms with Gasteiger partial charge in [0.2, 0.25) is 10.0 Å². The lowest BCUT2D eigenvalue weighted by molar-refractivity contribution is -0.384. The van der Waals surface area contributed by atoms with Crippen molar-refractivity contribution in [2.75, 3.05) is 23.0 Å². The minimum Gasteiger partial charge on any atom is -0.362 e. The van der Waals surface area contributed by atoms with Crippen molar-refractivity contribution in [1.29, 1.82) is 0 Å². The number of primary sulfonamides is 1. The second-order valence-corrected chi connectivity index (χ2v) is 7.68. The Labute approximate surface area is 127 Å². The van der Waals surface area contributed by atoms with E-state index >= 15 is 0 Å². The van der Waals surface area contributed by atoms with Crippen molar-refractivity contribution >= 4 is 33.2 Å². The Morgan fingerprint density at radius 1 is 1.43 bits per heavy atom. The van der Waals surface area contributed by atoms with Crippen LogP contribution in [0.4, 0.5) is 11.4 Å². The summed E-state index contributed by atoms with van der Waals surface area (Å²) in [5.74, 6) is 1.90. The zero-order valence-corrected chi connectivity index (χ0v) is 13.2. The van der Waals surface area contributed by atoms with E-state index in [-0.39, 0.29) is 16.6 Å². The number of sulfonamides is 1. The van der Waals surface area contributed by atoms with Gasteiger partial charge in [-0.2, -0.15) is 11.8 Å². The van der Waals surface area contributed by atoms with Crippen LogP contribution in [-0.2, 0) is 10.0 Å². The van der Waals surface area contributed by atoms with Crippen LogP contribution in [0.25, 0.3) is 0 Å². The first-order valence-corrected chi connectivity index (χ1v) is 9.16. The summed E-state index contributed by atoms with van der Waals surface area (Å²) in [7, 11) is -3.95. The van der Waals surface area contributed by atoms with E-state index < -0.39 is 14.9 Å². The topological polar surface area (TPSA) is 107 Å². The van der Waals surface area contributed by atoms with Gasteiger partial charge in [0.25, 0.3) is 5.69 Å². The molecule has 1 saturated heterocycles. The van der Waals surface area contributed by atoms with Gasteiger partial charge in [0.05, 0.1) is 9.82 Å². The molecule has 0 aromatic heterocycles. The number of nitro groups is 1. The molecule has 1 fully saturated rings. The molecular weight excluding hydrogens is 314 g/mol. The van der Waals surface area contributed by atoms with E-state index in [2.05, 4.69) is 0 Å². The molecule has 21 heavy (non-hydrogen) atoms. The van der Waals surface area contributed by atoms with Crippen LogP contribution in [0.15, 0.2) is 23.1 Å². The van der Waals surface area contributed by atoms with Gasteiger partial charge in [0.1, 0.15) is 5.69 Å². The lowest BCUT2D eigenvalue weighted by Crippen LogP contribution is -2.34. The molecule has 7 nitrogen and oxygen atoms in total. The molecule has 1 aliphatic rings. The number of hydrogen-bond donors (Lipinski definition) is 1. The molecule has 2 N–H and O–H groups in total. The van der Waals surface area contributed by atoms with Gasteiger partial charge < -0.3 is 4.90 Å². The number of nitrogens with zero attached hydrogens (tertiary/aromatic N) is 2.